The molecule has 0 atom stereocenters. The molecular formula is C65H66N2. The summed E-state index contributed by atoms with van der Waals surface area (Å²) in [7, 11) is 0. The standard InChI is InChI=1S/C65H66N2/c1-61(2,3)43-23-29-49(30-24-43)66(47-19-15-13-16-20-47)51-33-37-55-56-38-34-52(67(48-21-17-14-18-22-48)50-31-25-44(26-32-50)62(4,5)6)42-60(56)65(59(55)41-51)57-39-45(63(7,8)9)27-35-53(57)54-36-28-46(40-58(54)65)64(10,11)12/h13-42H,1-12H3. The van der Waals surface area contributed by atoms with Crippen molar-refractivity contribution in [1.82, 2.24) is 0 Å². The van der Waals surface area contributed by atoms with Gasteiger partial charge in [-0.3, -0.25) is 0 Å². The van der Waals surface area contributed by atoms with E-state index >= 15 is 0 Å². The molecule has 0 aromatic heterocycles. The van der Waals surface area contributed by atoms with Gasteiger partial charge in [0.2, 0.25) is 0 Å². The highest BCUT2D eigenvalue weighted by molar-refractivity contribution is 5.98. The maximum Gasteiger partial charge on any atom is 0.0727 e. The molecule has 8 aromatic carbocycles. The fourth-order valence-electron chi connectivity index (χ4n) is 10.7. The predicted octanol–water partition coefficient (Wildman–Crippen LogP) is 18.2. The van der Waals surface area contributed by atoms with Crippen LogP contribution in [0.3, 0.4) is 0 Å². The maximum atomic E-state index is 2.56. The van der Waals surface area contributed by atoms with Crippen molar-refractivity contribution < 1.29 is 0 Å². The number of fused-ring (bicyclic) bond motifs is 10. The number of hydrogen-bond acceptors (Lipinski definition) is 2. The zero-order valence-corrected chi connectivity index (χ0v) is 41.7. The first-order valence-electron chi connectivity index (χ1n) is 24.3. The van der Waals surface area contributed by atoms with Gasteiger partial charge in [-0.15, -0.1) is 0 Å². The normalized spacial score (nSPS) is 13.8. The number of benzene rings is 8. The molecule has 0 bridgehead atoms. The smallest absolute Gasteiger partial charge is 0.0727 e. The SMILES string of the molecule is CC(C)(C)c1ccc(N(c2ccccc2)c2ccc3c(c2)C2(c4cc(N(c5ccccc5)c5ccc(C(C)(C)C)cc5)ccc4-3)c3cc(C(C)(C)C)ccc3-c3ccc(C(C)(C)C)cc32)cc1. The second-order valence-corrected chi connectivity index (χ2v) is 23.2. The Bertz CT molecular complexity index is 2910. The van der Waals surface area contributed by atoms with Crippen LogP contribution in [0.1, 0.15) is 128 Å². The van der Waals surface area contributed by atoms with E-state index in [-0.39, 0.29) is 21.7 Å². The first-order valence-corrected chi connectivity index (χ1v) is 24.3. The molecule has 0 saturated heterocycles. The van der Waals surface area contributed by atoms with Gasteiger partial charge in [0.25, 0.3) is 0 Å². The van der Waals surface area contributed by atoms with Crippen LogP contribution in [0.5, 0.6) is 0 Å². The zero-order valence-electron chi connectivity index (χ0n) is 41.7. The van der Waals surface area contributed by atoms with E-state index in [1.54, 1.807) is 0 Å². The molecule has 0 heterocycles. The van der Waals surface area contributed by atoms with Crippen LogP contribution in [0.15, 0.2) is 182 Å². The molecule has 1 spiro atoms. The zero-order chi connectivity index (χ0) is 47.3. The molecule has 0 aliphatic heterocycles. The Morgan fingerprint density at radius 2 is 0.507 bits per heavy atom. The minimum atomic E-state index is -0.610. The number of anilines is 6. The maximum absolute atomic E-state index is 2.56. The van der Waals surface area contributed by atoms with Gasteiger partial charge in [0, 0.05) is 34.1 Å². The van der Waals surface area contributed by atoms with Gasteiger partial charge in [-0.25, -0.2) is 0 Å². The van der Waals surface area contributed by atoms with Crippen LogP contribution in [0.4, 0.5) is 34.1 Å². The van der Waals surface area contributed by atoms with Crippen molar-refractivity contribution in [2.75, 3.05) is 9.80 Å². The Kier molecular flexibility index (Phi) is 10.4. The Hall–Kier alpha value is -6.64. The molecule has 0 amide bonds. The van der Waals surface area contributed by atoms with E-state index in [2.05, 4.69) is 275 Å². The number of hydrogen-bond donors (Lipinski definition) is 0. The van der Waals surface area contributed by atoms with Crippen molar-refractivity contribution >= 4 is 34.1 Å². The van der Waals surface area contributed by atoms with Crippen LogP contribution in [-0.4, -0.2) is 0 Å². The highest BCUT2D eigenvalue weighted by atomic mass is 15.1. The Morgan fingerprint density at radius 1 is 0.254 bits per heavy atom. The van der Waals surface area contributed by atoms with Crippen LogP contribution in [0.25, 0.3) is 22.3 Å². The van der Waals surface area contributed by atoms with E-state index in [1.807, 2.05) is 0 Å². The molecule has 0 unspecified atom stereocenters. The van der Waals surface area contributed by atoms with Crippen molar-refractivity contribution in [3.05, 3.63) is 226 Å². The Labute approximate surface area is 401 Å². The van der Waals surface area contributed by atoms with E-state index in [1.165, 1.54) is 66.8 Å². The van der Waals surface area contributed by atoms with Gasteiger partial charge in [-0.05, 0) is 161 Å². The van der Waals surface area contributed by atoms with Crippen LogP contribution >= 0.6 is 0 Å². The first-order chi connectivity index (χ1) is 31.7. The van der Waals surface area contributed by atoms with E-state index in [4.69, 9.17) is 0 Å². The molecular weight excluding hydrogens is 809 g/mol. The molecule has 67 heavy (non-hydrogen) atoms. The van der Waals surface area contributed by atoms with Crippen molar-refractivity contribution in [3.63, 3.8) is 0 Å². The number of nitrogens with zero attached hydrogens (tertiary/aromatic N) is 2. The largest absolute Gasteiger partial charge is 0.310 e. The summed E-state index contributed by atoms with van der Waals surface area (Å²) in [6.07, 6.45) is 0. The summed E-state index contributed by atoms with van der Waals surface area (Å²) in [5.41, 5.74) is 22.1. The third-order valence-corrected chi connectivity index (χ3v) is 14.5. The molecule has 0 radical (unpaired) electrons. The molecule has 0 saturated carbocycles. The fourth-order valence-corrected chi connectivity index (χ4v) is 10.7. The summed E-state index contributed by atoms with van der Waals surface area (Å²) in [6, 6.07) is 69.5. The molecule has 2 aliphatic rings. The lowest BCUT2D eigenvalue weighted by Gasteiger charge is -2.35. The number of para-hydroxylation sites is 2. The number of rotatable bonds is 6. The van der Waals surface area contributed by atoms with Crippen molar-refractivity contribution in [1.29, 1.82) is 0 Å². The monoisotopic (exact) mass is 875 g/mol. The Balaban J connectivity index is 1.29. The summed E-state index contributed by atoms with van der Waals surface area (Å²) < 4.78 is 0. The van der Waals surface area contributed by atoms with Gasteiger partial charge in [-0.1, -0.05) is 192 Å². The van der Waals surface area contributed by atoms with E-state index in [0.29, 0.717) is 0 Å². The lowest BCUT2D eigenvalue weighted by atomic mass is 9.68. The van der Waals surface area contributed by atoms with Gasteiger partial charge in [-0.2, -0.15) is 0 Å². The van der Waals surface area contributed by atoms with E-state index in [0.717, 1.165) is 34.1 Å². The molecule has 2 nitrogen and oxygen atoms in total. The minimum absolute atomic E-state index is 0.0493. The molecule has 2 heteroatoms. The van der Waals surface area contributed by atoms with Crippen molar-refractivity contribution in [2.45, 2.75) is 110 Å². The van der Waals surface area contributed by atoms with E-state index < -0.39 is 5.41 Å². The van der Waals surface area contributed by atoms with Gasteiger partial charge in [0.1, 0.15) is 0 Å². The molecule has 0 fully saturated rings. The average Bonchev–Trinajstić information content (AvgIpc) is 3.75. The summed E-state index contributed by atoms with van der Waals surface area (Å²) in [4.78, 5) is 4.89. The van der Waals surface area contributed by atoms with Gasteiger partial charge < -0.3 is 9.80 Å². The molecule has 336 valence electrons. The van der Waals surface area contributed by atoms with E-state index in [9.17, 15) is 0 Å². The molecule has 10 rings (SSSR count). The van der Waals surface area contributed by atoms with Crippen molar-refractivity contribution in [2.24, 2.45) is 0 Å². The molecule has 0 N–H and O–H groups in total. The van der Waals surface area contributed by atoms with Gasteiger partial charge >= 0.3 is 0 Å². The van der Waals surface area contributed by atoms with Gasteiger partial charge in [0.05, 0.1) is 5.41 Å². The van der Waals surface area contributed by atoms with Crippen LogP contribution < -0.4 is 9.80 Å². The first kappa shape index (κ1) is 44.2. The predicted molar refractivity (Wildman–Crippen MR) is 287 cm³/mol. The van der Waals surface area contributed by atoms with Crippen LogP contribution in [0, 0.1) is 0 Å². The molecule has 2 aliphatic carbocycles. The third-order valence-electron chi connectivity index (χ3n) is 14.5. The lowest BCUT2D eigenvalue weighted by molar-refractivity contribution is 0.586. The topological polar surface area (TPSA) is 6.48 Å². The third kappa shape index (κ3) is 7.50. The second kappa shape index (κ2) is 15.7. The van der Waals surface area contributed by atoms with Gasteiger partial charge in [0.15, 0.2) is 0 Å². The Morgan fingerprint density at radius 3 is 0.821 bits per heavy atom. The average molecular weight is 875 g/mol. The molecule has 8 aromatic rings. The highest BCUT2D eigenvalue weighted by Gasteiger charge is 2.53. The lowest BCUT2D eigenvalue weighted by Crippen LogP contribution is -2.28. The quantitative estimate of drug-likeness (QED) is 0.164. The fraction of sp³-hybridized carbons (Fsp3) is 0.262. The highest BCUT2D eigenvalue weighted by Crippen LogP contribution is 2.65. The van der Waals surface area contributed by atoms with Crippen molar-refractivity contribution in [3.8, 4) is 22.3 Å². The summed E-state index contributed by atoms with van der Waals surface area (Å²) >= 11 is 0. The minimum Gasteiger partial charge on any atom is -0.310 e. The second-order valence-electron chi connectivity index (χ2n) is 23.2. The summed E-state index contributed by atoms with van der Waals surface area (Å²) in [5, 5.41) is 0. The van der Waals surface area contributed by atoms with Crippen LogP contribution in [0.2, 0.25) is 0 Å². The van der Waals surface area contributed by atoms with Crippen LogP contribution in [-0.2, 0) is 27.1 Å². The summed E-state index contributed by atoms with van der Waals surface area (Å²) in [5.74, 6) is 0. The summed E-state index contributed by atoms with van der Waals surface area (Å²) in [6.45, 7) is 27.8.